The average Bonchev–Trinajstić information content (AvgIpc) is 2.76. The molecule has 17 heavy (non-hydrogen) atoms. The predicted molar refractivity (Wildman–Crippen MR) is 70.3 cm³/mol. The van der Waals surface area contributed by atoms with Crippen LogP contribution in [0.2, 0.25) is 0 Å². The van der Waals surface area contributed by atoms with E-state index in [0.29, 0.717) is 0 Å². The van der Waals surface area contributed by atoms with E-state index < -0.39 is 5.60 Å². The summed E-state index contributed by atoms with van der Waals surface area (Å²) in [7, 11) is 0. The Morgan fingerprint density at radius 1 is 1.41 bits per heavy atom. The maximum Gasteiger partial charge on any atom is 0.0855 e. The molecule has 0 saturated carbocycles. The quantitative estimate of drug-likeness (QED) is 0.874. The van der Waals surface area contributed by atoms with Gasteiger partial charge in [0.05, 0.1) is 18.3 Å². The Hall–Kier alpha value is -0.510. The van der Waals surface area contributed by atoms with Crippen molar-refractivity contribution in [1.82, 2.24) is 0 Å². The molecule has 0 aliphatic carbocycles. The van der Waals surface area contributed by atoms with Crippen LogP contribution < -0.4 is 0 Å². The topological polar surface area (TPSA) is 29.5 Å². The maximum absolute atomic E-state index is 10.5. The smallest absolute Gasteiger partial charge is 0.0855 e. The third kappa shape index (κ3) is 2.37. The molecule has 1 saturated heterocycles. The van der Waals surface area contributed by atoms with Gasteiger partial charge in [0.2, 0.25) is 0 Å². The number of hydrogen-bond acceptors (Lipinski definition) is 3. The number of hydrogen-bond donors (Lipinski definition) is 1. The summed E-state index contributed by atoms with van der Waals surface area (Å²) in [4.78, 5) is 0. The molecule has 3 rings (SSSR count). The highest BCUT2D eigenvalue weighted by Crippen LogP contribution is 2.39. The van der Waals surface area contributed by atoms with Crippen LogP contribution in [-0.2, 0) is 11.2 Å². The molecule has 1 aromatic rings. The van der Waals surface area contributed by atoms with Gasteiger partial charge >= 0.3 is 0 Å². The second-order valence-corrected chi connectivity index (χ2v) is 6.14. The second kappa shape index (κ2) is 4.63. The lowest BCUT2D eigenvalue weighted by molar-refractivity contribution is -0.0328. The molecule has 0 radical (unpaired) electrons. The van der Waals surface area contributed by atoms with Crippen molar-refractivity contribution in [3.05, 3.63) is 35.4 Å². The molecule has 1 aromatic carbocycles. The summed E-state index contributed by atoms with van der Waals surface area (Å²) in [6, 6.07) is 8.47. The maximum atomic E-state index is 10.5. The third-order valence-electron chi connectivity index (χ3n) is 3.74. The molecule has 2 heterocycles. The van der Waals surface area contributed by atoms with Crippen LogP contribution in [0.3, 0.4) is 0 Å². The van der Waals surface area contributed by atoms with Crippen molar-refractivity contribution >= 4 is 11.8 Å². The molecule has 0 bridgehead atoms. The minimum atomic E-state index is -0.514. The summed E-state index contributed by atoms with van der Waals surface area (Å²) in [5.74, 6) is 1.93. The van der Waals surface area contributed by atoms with Crippen LogP contribution in [-0.4, -0.2) is 28.8 Å². The minimum Gasteiger partial charge on any atom is -0.389 e. The first-order valence-corrected chi connectivity index (χ1v) is 7.42. The summed E-state index contributed by atoms with van der Waals surface area (Å²) in [5, 5.41) is 10.5. The fourth-order valence-electron chi connectivity index (χ4n) is 2.75. The molecule has 0 aromatic heterocycles. The molecule has 1 N–H and O–H groups in total. The molecule has 0 amide bonds. The molecule has 2 nitrogen and oxygen atoms in total. The zero-order valence-electron chi connectivity index (χ0n) is 9.89. The summed E-state index contributed by atoms with van der Waals surface area (Å²) in [5.41, 5.74) is 2.15. The Labute approximate surface area is 106 Å². The van der Waals surface area contributed by atoms with E-state index in [4.69, 9.17) is 4.74 Å². The monoisotopic (exact) mass is 250 g/mol. The van der Waals surface area contributed by atoms with Crippen LogP contribution >= 0.6 is 11.8 Å². The zero-order valence-corrected chi connectivity index (χ0v) is 10.7. The van der Waals surface area contributed by atoms with Gasteiger partial charge in [-0.3, -0.25) is 0 Å². The lowest BCUT2D eigenvalue weighted by Gasteiger charge is -2.31. The van der Waals surface area contributed by atoms with Gasteiger partial charge in [-0.15, -0.1) is 0 Å². The summed E-state index contributed by atoms with van der Waals surface area (Å²) < 4.78 is 5.86. The van der Waals surface area contributed by atoms with Crippen LogP contribution in [0.15, 0.2) is 24.3 Å². The summed E-state index contributed by atoms with van der Waals surface area (Å²) >= 11 is 1.85. The van der Waals surface area contributed by atoms with E-state index in [2.05, 4.69) is 24.3 Å². The van der Waals surface area contributed by atoms with E-state index in [1.54, 1.807) is 0 Å². The van der Waals surface area contributed by atoms with Crippen molar-refractivity contribution in [1.29, 1.82) is 0 Å². The van der Waals surface area contributed by atoms with E-state index in [-0.39, 0.29) is 6.10 Å². The first-order valence-electron chi connectivity index (χ1n) is 6.26. The predicted octanol–water partition coefficient (Wildman–Crippen LogP) is 2.56. The highest BCUT2D eigenvalue weighted by molar-refractivity contribution is 7.99. The Morgan fingerprint density at radius 3 is 3.12 bits per heavy atom. The summed E-state index contributed by atoms with van der Waals surface area (Å²) in [6.45, 7) is 0.783. The van der Waals surface area contributed by atoms with E-state index in [0.717, 1.165) is 37.4 Å². The van der Waals surface area contributed by atoms with Crippen molar-refractivity contribution in [2.45, 2.75) is 31.0 Å². The fraction of sp³-hybridized carbons (Fsp3) is 0.571. The highest BCUT2D eigenvalue weighted by Gasteiger charge is 2.36. The van der Waals surface area contributed by atoms with Gasteiger partial charge in [0.1, 0.15) is 0 Å². The van der Waals surface area contributed by atoms with Crippen LogP contribution in [0, 0.1) is 0 Å². The third-order valence-corrected chi connectivity index (χ3v) is 4.97. The van der Waals surface area contributed by atoms with Crippen molar-refractivity contribution in [3.8, 4) is 0 Å². The van der Waals surface area contributed by atoms with E-state index in [9.17, 15) is 5.11 Å². The van der Waals surface area contributed by atoms with E-state index in [1.165, 1.54) is 11.1 Å². The Kier molecular flexibility index (Phi) is 3.16. The first kappa shape index (κ1) is 11.6. The largest absolute Gasteiger partial charge is 0.389 e. The highest BCUT2D eigenvalue weighted by atomic mass is 32.2. The normalized spacial score (nSPS) is 32.4. The number of ether oxygens (including phenoxy) is 1. The molecule has 2 unspecified atom stereocenters. The van der Waals surface area contributed by atoms with Crippen molar-refractivity contribution in [3.63, 3.8) is 0 Å². The number of thioether (sulfide) groups is 1. The van der Waals surface area contributed by atoms with Crippen molar-refractivity contribution in [2.75, 3.05) is 18.1 Å². The summed E-state index contributed by atoms with van der Waals surface area (Å²) in [6.07, 6.45) is 2.74. The van der Waals surface area contributed by atoms with Gasteiger partial charge in [-0.05, 0) is 29.7 Å². The number of rotatable bonds is 2. The van der Waals surface area contributed by atoms with Gasteiger partial charge in [0.25, 0.3) is 0 Å². The van der Waals surface area contributed by atoms with Gasteiger partial charge in [0, 0.05) is 12.2 Å². The van der Waals surface area contributed by atoms with Gasteiger partial charge in [-0.25, -0.2) is 0 Å². The van der Waals surface area contributed by atoms with E-state index >= 15 is 0 Å². The Bertz CT molecular complexity index is 399. The fourth-order valence-corrected chi connectivity index (χ4v) is 4.06. The van der Waals surface area contributed by atoms with Crippen LogP contribution in [0.1, 0.15) is 30.1 Å². The lowest BCUT2D eigenvalue weighted by Crippen LogP contribution is -2.32. The molecule has 2 atom stereocenters. The molecular formula is C14H18O2S. The number of benzene rings is 1. The van der Waals surface area contributed by atoms with Crippen LogP contribution in [0.4, 0.5) is 0 Å². The molecule has 92 valence electrons. The zero-order chi connectivity index (χ0) is 11.7. The lowest BCUT2D eigenvalue weighted by atomic mass is 9.88. The minimum absolute atomic E-state index is 0.0867. The van der Waals surface area contributed by atoms with Crippen LogP contribution in [0.25, 0.3) is 0 Å². The Balaban J connectivity index is 1.81. The molecule has 2 aliphatic rings. The van der Waals surface area contributed by atoms with Crippen molar-refractivity contribution in [2.24, 2.45) is 0 Å². The van der Waals surface area contributed by atoms with Crippen LogP contribution in [0.5, 0.6) is 0 Å². The van der Waals surface area contributed by atoms with Crippen molar-refractivity contribution < 1.29 is 9.84 Å². The number of fused-ring (bicyclic) bond motifs is 1. The van der Waals surface area contributed by atoms with Gasteiger partial charge in [-0.2, -0.15) is 11.8 Å². The number of aliphatic hydroxyl groups is 1. The molecular weight excluding hydrogens is 232 g/mol. The van der Waals surface area contributed by atoms with Gasteiger partial charge in [0.15, 0.2) is 0 Å². The molecule has 0 spiro atoms. The average molecular weight is 250 g/mol. The second-order valence-electron chi connectivity index (χ2n) is 5.04. The molecule has 2 aliphatic heterocycles. The van der Waals surface area contributed by atoms with E-state index in [1.807, 2.05) is 11.8 Å². The SMILES string of the molecule is OC1(CC2OCCc3ccccc32)CCSC1. The molecule has 3 heteroatoms. The standard InChI is InChI=1S/C14H18O2S/c15-14(6-8-17-10-14)9-13-12-4-2-1-3-11(12)5-7-16-13/h1-4,13,15H,5-10H2. The first-order chi connectivity index (χ1) is 8.27. The van der Waals surface area contributed by atoms with Gasteiger partial charge < -0.3 is 9.84 Å². The van der Waals surface area contributed by atoms with Gasteiger partial charge in [-0.1, -0.05) is 24.3 Å². The Morgan fingerprint density at radius 2 is 2.29 bits per heavy atom. The molecule has 1 fully saturated rings.